The van der Waals surface area contributed by atoms with Crippen molar-refractivity contribution in [3.8, 4) is 5.69 Å². The van der Waals surface area contributed by atoms with Crippen LogP contribution in [0.3, 0.4) is 0 Å². The Bertz CT molecular complexity index is 806. The van der Waals surface area contributed by atoms with E-state index in [1.807, 2.05) is 54.9 Å². The molecule has 6 nitrogen and oxygen atoms in total. The monoisotopic (exact) mass is 373 g/mol. The van der Waals surface area contributed by atoms with Gasteiger partial charge in [0.15, 0.2) is 0 Å². The number of anilines is 1. The molecule has 0 bridgehead atoms. The lowest BCUT2D eigenvalue weighted by molar-refractivity contribution is 0.101. The van der Waals surface area contributed by atoms with Crippen LogP contribution in [0.15, 0.2) is 53.7 Å². The van der Waals surface area contributed by atoms with Crippen LogP contribution in [0.25, 0.3) is 5.69 Å². The molecule has 1 amide bonds. The fraction of sp³-hybridized carbons (Fsp3) is 0.188. The number of nitrogens with one attached hydrogen (secondary N) is 1. The molecule has 3 rings (SSSR count). The van der Waals surface area contributed by atoms with Crippen LogP contribution in [0.5, 0.6) is 0 Å². The Morgan fingerprint density at radius 3 is 2.61 bits per heavy atom. The number of aromatic nitrogens is 4. The quantitative estimate of drug-likeness (QED) is 0.758. The highest BCUT2D eigenvalue weighted by atomic mass is 79.9. The largest absolute Gasteiger partial charge is 0.340 e. The third kappa shape index (κ3) is 3.34. The van der Waals surface area contributed by atoms with Crippen molar-refractivity contribution in [3.05, 3.63) is 59.3 Å². The van der Waals surface area contributed by atoms with Gasteiger partial charge in [-0.2, -0.15) is 5.10 Å². The van der Waals surface area contributed by atoms with Gasteiger partial charge < -0.3 is 9.88 Å². The summed E-state index contributed by atoms with van der Waals surface area (Å²) in [5, 5.41) is 6.98. The molecule has 1 aromatic carbocycles. The summed E-state index contributed by atoms with van der Waals surface area (Å²) < 4.78 is 4.48. The summed E-state index contributed by atoms with van der Waals surface area (Å²) in [4.78, 5) is 16.4. The van der Waals surface area contributed by atoms with Crippen LogP contribution in [0, 0.1) is 0 Å². The lowest BCUT2D eigenvalue weighted by Gasteiger charge is -2.13. The lowest BCUT2D eigenvalue weighted by atomic mass is 10.2. The highest BCUT2D eigenvalue weighted by molar-refractivity contribution is 9.10. The highest BCUT2D eigenvalue weighted by Gasteiger charge is 2.15. The highest BCUT2D eigenvalue weighted by Crippen LogP contribution is 2.21. The van der Waals surface area contributed by atoms with Crippen LogP contribution in [-0.4, -0.2) is 25.2 Å². The molecule has 0 spiro atoms. The Morgan fingerprint density at radius 2 is 2.00 bits per heavy atom. The molecule has 2 heterocycles. The summed E-state index contributed by atoms with van der Waals surface area (Å²) in [7, 11) is 0. The average molecular weight is 374 g/mol. The summed E-state index contributed by atoms with van der Waals surface area (Å²) in [6.07, 6.45) is 5.02. The molecule has 7 heteroatoms. The molecule has 0 aliphatic heterocycles. The van der Waals surface area contributed by atoms with E-state index in [2.05, 4.69) is 31.3 Å². The van der Waals surface area contributed by atoms with Crippen molar-refractivity contribution in [2.24, 2.45) is 0 Å². The summed E-state index contributed by atoms with van der Waals surface area (Å²) in [6, 6.07) is 9.46. The van der Waals surface area contributed by atoms with E-state index in [4.69, 9.17) is 0 Å². The molecule has 0 atom stereocenters. The molecule has 0 fully saturated rings. The minimum absolute atomic E-state index is 0.141. The first-order chi connectivity index (χ1) is 11.0. The van der Waals surface area contributed by atoms with Gasteiger partial charge in [0.2, 0.25) is 0 Å². The number of amides is 1. The first kappa shape index (κ1) is 15.5. The molecule has 0 radical (unpaired) electrons. The number of halogens is 1. The Kier molecular flexibility index (Phi) is 4.29. The molecule has 1 N–H and O–H groups in total. The summed E-state index contributed by atoms with van der Waals surface area (Å²) in [5.74, 6) is -0.141. The molecule has 23 heavy (non-hydrogen) atoms. The van der Waals surface area contributed by atoms with E-state index in [1.54, 1.807) is 11.0 Å². The summed E-state index contributed by atoms with van der Waals surface area (Å²) >= 11 is 3.42. The van der Waals surface area contributed by atoms with Crippen LogP contribution < -0.4 is 5.32 Å². The van der Waals surface area contributed by atoms with Crippen molar-refractivity contribution in [2.75, 3.05) is 5.32 Å². The number of hydrogen-bond acceptors (Lipinski definition) is 3. The molecular formula is C16H16BrN5O. The van der Waals surface area contributed by atoms with E-state index in [1.165, 1.54) is 6.33 Å². The van der Waals surface area contributed by atoms with Gasteiger partial charge in [-0.05, 0) is 60.1 Å². The van der Waals surface area contributed by atoms with Gasteiger partial charge in [0.05, 0.1) is 5.69 Å². The number of carbonyl (C=O) groups excluding carboxylic acids is 1. The van der Waals surface area contributed by atoms with Crippen molar-refractivity contribution in [2.45, 2.75) is 19.9 Å². The van der Waals surface area contributed by atoms with Crippen molar-refractivity contribution in [1.29, 1.82) is 0 Å². The first-order valence-electron chi connectivity index (χ1n) is 7.18. The predicted octanol–water partition coefficient (Wildman–Crippen LogP) is 3.66. The van der Waals surface area contributed by atoms with Crippen LogP contribution in [0.1, 0.15) is 30.4 Å². The Hall–Kier alpha value is -2.41. The number of carbonyl (C=O) groups is 1. The fourth-order valence-corrected chi connectivity index (χ4v) is 2.73. The summed E-state index contributed by atoms with van der Waals surface area (Å²) in [6.45, 7) is 4.08. The van der Waals surface area contributed by atoms with Crippen LogP contribution in [0.4, 0.5) is 5.69 Å². The van der Waals surface area contributed by atoms with E-state index in [9.17, 15) is 4.79 Å². The molecule has 0 aliphatic carbocycles. The Morgan fingerprint density at radius 1 is 1.26 bits per heavy atom. The third-order valence-corrected chi connectivity index (χ3v) is 3.85. The maximum atomic E-state index is 12.5. The maximum Gasteiger partial charge on any atom is 0.272 e. The minimum Gasteiger partial charge on any atom is -0.340 e. The smallest absolute Gasteiger partial charge is 0.272 e. The molecule has 2 aromatic heterocycles. The fourth-order valence-electron chi connectivity index (χ4n) is 2.29. The van der Waals surface area contributed by atoms with Crippen molar-refractivity contribution in [3.63, 3.8) is 0 Å². The normalized spacial score (nSPS) is 11.0. The second-order valence-electron chi connectivity index (χ2n) is 5.39. The predicted molar refractivity (Wildman–Crippen MR) is 91.8 cm³/mol. The molecule has 118 valence electrons. The van der Waals surface area contributed by atoms with Crippen LogP contribution in [-0.2, 0) is 0 Å². The number of rotatable bonds is 4. The molecule has 0 saturated heterocycles. The van der Waals surface area contributed by atoms with Crippen LogP contribution in [0.2, 0.25) is 0 Å². The van der Waals surface area contributed by atoms with Gasteiger partial charge in [-0.25, -0.2) is 9.67 Å². The van der Waals surface area contributed by atoms with E-state index in [0.717, 1.165) is 15.8 Å². The zero-order valence-electron chi connectivity index (χ0n) is 12.8. The van der Waals surface area contributed by atoms with Crippen molar-refractivity contribution < 1.29 is 4.79 Å². The number of benzene rings is 1. The number of nitrogens with zero attached hydrogens (tertiary/aromatic N) is 4. The van der Waals surface area contributed by atoms with E-state index in [-0.39, 0.29) is 11.9 Å². The molecule has 3 aromatic rings. The van der Waals surface area contributed by atoms with Crippen LogP contribution >= 0.6 is 15.9 Å². The zero-order chi connectivity index (χ0) is 16.4. The maximum absolute atomic E-state index is 12.5. The van der Waals surface area contributed by atoms with Gasteiger partial charge in [0, 0.05) is 22.4 Å². The SMILES string of the molecule is CC(C)n1cc(Br)cc1C(=O)Nc1ccc(-n2cncn2)cc1. The zero-order valence-corrected chi connectivity index (χ0v) is 14.4. The van der Waals surface area contributed by atoms with Crippen molar-refractivity contribution >= 4 is 27.5 Å². The van der Waals surface area contributed by atoms with Gasteiger partial charge in [0.25, 0.3) is 5.91 Å². The number of hydrogen-bond donors (Lipinski definition) is 1. The molecule has 0 unspecified atom stereocenters. The first-order valence-corrected chi connectivity index (χ1v) is 7.97. The van der Waals surface area contributed by atoms with Crippen molar-refractivity contribution in [1.82, 2.24) is 19.3 Å². The topological polar surface area (TPSA) is 64.7 Å². The Balaban J connectivity index is 1.78. The van der Waals surface area contributed by atoms with Gasteiger partial charge in [-0.1, -0.05) is 0 Å². The second-order valence-corrected chi connectivity index (χ2v) is 6.30. The van der Waals surface area contributed by atoms with E-state index >= 15 is 0 Å². The molecule has 0 saturated carbocycles. The second kappa shape index (κ2) is 6.37. The van der Waals surface area contributed by atoms with Gasteiger partial charge in [0.1, 0.15) is 18.3 Å². The Labute approximate surface area is 142 Å². The van der Waals surface area contributed by atoms with Gasteiger partial charge >= 0.3 is 0 Å². The van der Waals surface area contributed by atoms with E-state index in [0.29, 0.717) is 5.69 Å². The standard InChI is InChI=1S/C16H16BrN5O/c1-11(2)21-8-12(17)7-15(21)16(23)20-13-3-5-14(6-4-13)22-10-18-9-19-22/h3-11H,1-2H3,(H,20,23). The third-order valence-electron chi connectivity index (χ3n) is 3.41. The lowest BCUT2D eigenvalue weighted by Crippen LogP contribution is -2.17. The minimum atomic E-state index is -0.141. The van der Waals surface area contributed by atoms with Gasteiger partial charge in [-0.15, -0.1) is 0 Å². The molecule has 0 aliphatic rings. The summed E-state index contributed by atoms with van der Waals surface area (Å²) in [5.41, 5.74) is 2.23. The van der Waals surface area contributed by atoms with Gasteiger partial charge in [-0.3, -0.25) is 4.79 Å². The molecular weight excluding hydrogens is 358 g/mol. The van der Waals surface area contributed by atoms with E-state index < -0.39 is 0 Å². The average Bonchev–Trinajstić information content (AvgIpc) is 3.17.